The van der Waals surface area contributed by atoms with E-state index >= 15 is 0 Å². The molecule has 27 heavy (non-hydrogen) atoms. The zero-order valence-corrected chi connectivity index (χ0v) is 17.4. The maximum Gasteiger partial charge on any atom is 0.191 e. The molecule has 0 radical (unpaired) electrons. The highest BCUT2D eigenvalue weighted by atomic mass is 32.2. The van der Waals surface area contributed by atoms with Crippen molar-refractivity contribution < 1.29 is 4.74 Å². The molecule has 0 aliphatic carbocycles. The smallest absolute Gasteiger partial charge is 0.191 e. The van der Waals surface area contributed by atoms with Crippen LogP contribution in [0.3, 0.4) is 0 Å². The summed E-state index contributed by atoms with van der Waals surface area (Å²) in [5.41, 5.74) is 2.19. The molecule has 1 aromatic carbocycles. The van der Waals surface area contributed by atoms with Crippen LogP contribution in [0.4, 0.5) is 17.3 Å². The minimum Gasteiger partial charge on any atom is -0.497 e. The molecule has 0 saturated heterocycles. The van der Waals surface area contributed by atoms with E-state index in [1.807, 2.05) is 12.1 Å². The Hall–Kier alpha value is -2.15. The Morgan fingerprint density at radius 1 is 1.26 bits per heavy atom. The SMILES string of the molecule is CCCSc1nc(NCc2ccc(OC)cc2)c2c(n1)N(CC(C)C)CN2. The predicted octanol–water partition coefficient (Wildman–Crippen LogP) is 4.44. The monoisotopic (exact) mass is 387 g/mol. The number of methoxy groups -OCH3 is 1. The molecular formula is C20H29N5OS. The van der Waals surface area contributed by atoms with E-state index < -0.39 is 0 Å². The summed E-state index contributed by atoms with van der Waals surface area (Å²) in [5.74, 6) is 4.35. The molecule has 0 spiro atoms. The van der Waals surface area contributed by atoms with Gasteiger partial charge >= 0.3 is 0 Å². The molecule has 7 heteroatoms. The summed E-state index contributed by atoms with van der Waals surface area (Å²) in [6, 6.07) is 8.09. The second-order valence-electron chi connectivity index (χ2n) is 7.05. The van der Waals surface area contributed by atoms with Crippen molar-refractivity contribution in [2.24, 2.45) is 5.92 Å². The molecule has 2 aromatic rings. The van der Waals surface area contributed by atoms with Crippen molar-refractivity contribution in [2.75, 3.05) is 41.6 Å². The van der Waals surface area contributed by atoms with Gasteiger partial charge in [0.2, 0.25) is 0 Å². The highest BCUT2D eigenvalue weighted by molar-refractivity contribution is 7.99. The van der Waals surface area contributed by atoms with E-state index in [0.29, 0.717) is 12.5 Å². The number of hydrogen-bond acceptors (Lipinski definition) is 7. The van der Waals surface area contributed by atoms with Crippen molar-refractivity contribution in [3.63, 3.8) is 0 Å². The van der Waals surface area contributed by atoms with Gasteiger partial charge in [-0.3, -0.25) is 0 Å². The van der Waals surface area contributed by atoms with Gasteiger partial charge in [0.25, 0.3) is 0 Å². The van der Waals surface area contributed by atoms with Crippen LogP contribution in [0.15, 0.2) is 29.4 Å². The molecule has 0 atom stereocenters. The molecular weight excluding hydrogens is 358 g/mol. The third-order valence-electron chi connectivity index (χ3n) is 4.26. The van der Waals surface area contributed by atoms with Crippen molar-refractivity contribution in [3.05, 3.63) is 29.8 Å². The van der Waals surface area contributed by atoms with Crippen LogP contribution in [-0.4, -0.2) is 36.0 Å². The van der Waals surface area contributed by atoms with Crippen LogP contribution in [0.1, 0.15) is 32.8 Å². The number of anilines is 3. The summed E-state index contributed by atoms with van der Waals surface area (Å²) in [7, 11) is 1.68. The van der Waals surface area contributed by atoms with Crippen LogP contribution >= 0.6 is 11.8 Å². The average molecular weight is 388 g/mol. The fourth-order valence-electron chi connectivity index (χ4n) is 2.98. The molecule has 0 fully saturated rings. The fourth-order valence-corrected chi connectivity index (χ4v) is 3.67. The standard InChI is InChI=1S/C20H29N5OS/c1-5-10-27-20-23-18(21-11-15-6-8-16(26-4)9-7-15)17-19(24-20)25(13-22-17)12-14(2)3/h6-9,14,22H,5,10-13H2,1-4H3,(H,21,23,24). The normalized spacial score (nSPS) is 12.9. The summed E-state index contributed by atoms with van der Waals surface area (Å²) in [6.07, 6.45) is 1.10. The van der Waals surface area contributed by atoms with Gasteiger partial charge in [-0.05, 0) is 30.0 Å². The minimum absolute atomic E-state index is 0.579. The Morgan fingerprint density at radius 2 is 2.04 bits per heavy atom. The number of fused-ring (bicyclic) bond motifs is 1. The number of ether oxygens (including phenoxy) is 1. The predicted molar refractivity (Wildman–Crippen MR) is 114 cm³/mol. The van der Waals surface area contributed by atoms with E-state index in [0.717, 1.165) is 53.6 Å². The summed E-state index contributed by atoms with van der Waals surface area (Å²) in [5, 5.41) is 7.80. The maximum atomic E-state index is 5.23. The first-order valence-corrected chi connectivity index (χ1v) is 10.5. The zero-order valence-electron chi connectivity index (χ0n) is 16.6. The van der Waals surface area contributed by atoms with E-state index in [9.17, 15) is 0 Å². The van der Waals surface area contributed by atoms with Crippen LogP contribution in [-0.2, 0) is 6.54 Å². The lowest BCUT2D eigenvalue weighted by atomic mass is 10.2. The Morgan fingerprint density at radius 3 is 2.70 bits per heavy atom. The van der Waals surface area contributed by atoms with Gasteiger partial charge in [-0.1, -0.05) is 44.7 Å². The van der Waals surface area contributed by atoms with E-state index in [4.69, 9.17) is 14.7 Å². The first kappa shape index (κ1) is 19.6. The molecule has 1 aliphatic rings. The van der Waals surface area contributed by atoms with Gasteiger partial charge in [0.15, 0.2) is 16.8 Å². The van der Waals surface area contributed by atoms with Gasteiger partial charge in [-0.15, -0.1) is 0 Å². The summed E-state index contributed by atoms with van der Waals surface area (Å²) < 4.78 is 5.23. The second kappa shape index (κ2) is 9.17. The number of thioether (sulfide) groups is 1. The number of rotatable bonds is 9. The first-order chi connectivity index (χ1) is 13.1. The van der Waals surface area contributed by atoms with Crippen molar-refractivity contribution in [3.8, 4) is 5.75 Å². The van der Waals surface area contributed by atoms with Crippen LogP contribution in [0.2, 0.25) is 0 Å². The molecule has 1 aromatic heterocycles. The van der Waals surface area contributed by atoms with Gasteiger partial charge < -0.3 is 20.3 Å². The van der Waals surface area contributed by atoms with E-state index in [-0.39, 0.29) is 0 Å². The van der Waals surface area contributed by atoms with E-state index in [1.54, 1.807) is 18.9 Å². The van der Waals surface area contributed by atoms with E-state index in [2.05, 4.69) is 48.4 Å². The highest BCUT2D eigenvalue weighted by Gasteiger charge is 2.26. The summed E-state index contributed by atoms with van der Waals surface area (Å²) in [4.78, 5) is 11.9. The number of aromatic nitrogens is 2. The molecule has 0 unspecified atom stereocenters. The minimum atomic E-state index is 0.579. The van der Waals surface area contributed by atoms with Gasteiger partial charge in [-0.25, -0.2) is 9.97 Å². The zero-order chi connectivity index (χ0) is 19.2. The molecule has 3 rings (SSSR count). The van der Waals surface area contributed by atoms with Crippen LogP contribution in [0.25, 0.3) is 0 Å². The first-order valence-electron chi connectivity index (χ1n) is 9.51. The lowest BCUT2D eigenvalue weighted by Gasteiger charge is -2.19. The third kappa shape index (κ3) is 4.97. The van der Waals surface area contributed by atoms with Crippen LogP contribution in [0.5, 0.6) is 5.75 Å². The highest BCUT2D eigenvalue weighted by Crippen LogP contribution is 2.37. The number of nitrogens with one attached hydrogen (secondary N) is 2. The fraction of sp³-hybridized carbons (Fsp3) is 0.500. The molecule has 146 valence electrons. The lowest BCUT2D eigenvalue weighted by Crippen LogP contribution is -2.27. The molecule has 1 aliphatic heterocycles. The van der Waals surface area contributed by atoms with Crippen molar-refractivity contribution in [1.82, 2.24) is 9.97 Å². The molecule has 0 bridgehead atoms. The van der Waals surface area contributed by atoms with Crippen molar-refractivity contribution in [1.29, 1.82) is 0 Å². The van der Waals surface area contributed by atoms with Gasteiger partial charge in [0, 0.05) is 18.8 Å². The topological polar surface area (TPSA) is 62.3 Å². The van der Waals surface area contributed by atoms with Crippen LogP contribution in [0, 0.1) is 5.92 Å². The van der Waals surface area contributed by atoms with Crippen LogP contribution < -0.4 is 20.3 Å². The Kier molecular flexibility index (Phi) is 6.66. The Bertz CT molecular complexity index is 751. The number of benzene rings is 1. The quantitative estimate of drug-likeness (QED) is 0.487. The van der Waals surface area contributed by atoms with Gasteiger partial charge in [0.05, 0.1) is 13.8 Å². The molecule has 2 N–H and O–H groups in total. The summed E-state index contributed by atoms with van der Waals surface area (Å²) >= 11 is 1.71. The second-order valence-corrected chi connectivity index (χ2v) is 8.12. The maximum absolute atomic E-state index is 5.23. The lowest BCUT2D eigenvalue weighted by molar-refractivity contribution is 0.414. The van der Waals surface area contributed by atoms with Crippen molar-refractivity contribution >= 4 is 29.1 Å². The number of nitrogens with zero attached hydrogens (tertiary/aromatic N) is 3. The van der Waals surface area contributed by atoms with Gasteiger partial charge in [-0.2, -0.15) is 0 Å². The summed E-state index contributed by atoms with van der Waals surface area (Å²) in [6.45, 7) is 9.10. The molecule has 0 amide bonds. The largest absolute Gasteiger partial charge is 0.497 e. The Labute approximate surface area is 166 Å². The van der Waals surface area contributed by atoms with Crippen molar-refractivity contribution in [2.45, 2.75) is 38.9 Å². The Balaban J connectivity index is 1.81. The number of hydrogen-bond donors (Lipinski definition) is 2. The molecule has 2 heterocycles. The van der Waals surface area contributed by atoms with Gasteiger partial charge in [0.1, 0.15) is 11.4 Å². The van der Waals surface area contributed by atoms with E-state index in [1.165, 1.54) is 5.56 Å². The molecule has 6 nitrogen and oxygen atoms in total. The molecule has 0 saturated carbocycles. The third-order valence-corrected chi connectivity index (χ3v) is 5.31. The average Bonchev–Trinajstić information content (AvgIpc) is 3.07.